The number of unbranched alkanes of at least 4 members (excludes halogenated alkanes) is 38. The first kappa shape index (κ1) is 45.2. The lowest BCUT2D eigenvalue weighted by Crippen LogP contribution is -1.98. The molecule has 0 rings (SSSR count). The molecule has 0 atom stereocenters. The molecule has 0 aromatic rings. The fourth-order valence-electron chi connectivity index (χ4n) is 7.04. The molecule has 2 heteroatoms. The van der Waals surface area contributed by atoms with Crippen molar-refractivity contribution in [3.8, 4) is 0 Å². The third-order valence-corrected chi connectivity index (χ3v) is 10.2. The number of carbonyl (C=O) groups is 1. The van der Waals surface area contributed by atoms with E-state index in [1.54, 1.807) is 0 Å². The lowest BCUT2D eigenvalue weighted by atomic mass is 10.0. The highest BCUT2D eigenvalue weighted by atomic mass is 16.5. The van der Waals surface area contributed by atoms with Crippen LogP contribution >= 0.6 is 0 Å². The van der Waals surface area contributed by atoms with Crippen LogP contribution in [0.2, 0.25) is 0 Å². The van der Waals surface area contributed by atoms with E-state index in [9.17, 15) is 4.79 Å². The standard InChI is InChI=1S/C44H86O2/c1-3-5-6-7-8-9-10-11-12-13-14-15-16-17-18-19-20-21-22-23-24-25-26-27-28-29-30-31-32-33-34-35-36-37-38-39-40-41-42-43-44(45)46-4-2/h4H,2-3,5-43H2,1H3. The Morgan fingerprint density at radius 2 is 0.522 bits per heavy atom. The SMILES string of the molecule is C=COC(=O)CCCCCCCCCCCCCCCCCCCCCCCCCCCCCCCCCCCCCCCCC. The second kappa shape index (κ2) is 42.2. The van der Waals surface area contributed by atoms with Crippen LogP contribution in [0.4, 0.5) is 0 Å². The van der Waals surface area contributed by atoms with E-state index in [0.29, 0.717) is 6.42 Å². The molecule has 0 aliphatic carbocycles. The van der Waals surface area contributed by atoms with E-state index in [2.05, 4.69) is 13.5 Å². The molecule has 0 amide bonds. The van der Waals surface area contributed by atoms with Crippen LogP contribution in [0.25, 0.3) is 0 Å². The van der Waals surface area contributed by atoms with Crippen LogP contribution in [0.15, 0.2) is 12.8 Å². The van der Waals surface area contributed by atoms with Crippen LogP contribution in [0.1, 0.15) is 264 Å². The van der Waals surface area contributed by atoms with E-state index in [1.165, 1.54) is 244 Å². The Bertz CT molecular complexity index is 570. The van der Waals surface area contributed by atoms with E-state index in [4.69, 9.17) is 4.74 Å². The van der Waals surface area contributed by atoms with Crippen molar-refractivity contribution in [2.24, 2.45) is 0 Å². The van der Waals surface area contributed by atoms with Crippen LogP contribution < -0.4 is 0 Å². The Labute approximate surface area is 291 Å². The molecule has 274 valence electrons. The topological polar surface area (TPSA) is 26.3 Å². The molecule has 0 aliphatic rings. The summed E-state index contributed by atoms with van der Waals surface area (Å²) in [5, 5.41) is 0. The molecule has 0 bridgehead atoms. The van der Waals surface area contributed by atoms with Crippen LogP contribution in [-0.4, -0.2) is 5.97 Å². The predicted octanol–water partition coefficient (Wildman–Crippen LogP) is 16.3. The van der Waals surface area contributed by atoms with Gasteiger partial charge in [0.1, 0.15) is 0 Å². The predicted molar refractivity (Wildman–Crippen MR) is 207 cm³/mol. The molecule has 0 fully saturated rings. The molecule has 0 aliphatic heterocycles. The Morgan fingerprint density at radius 1 is 0.348 bits per heavy atom. The van der Waals surface area contributed by atoms with E-state index in [-0.39, 0.29) is 5.97 Å². The first-order valence-corrected chi connectivity index (χ1v) is 21.6. The highest BCUT2D eigenvalue weighted by Gasteiger charge is 2.01. The fraction of sp³-hybridized carbons (Fsp3) is 0.932. The summed E-state index contributed by atoms with van der Waals surface area (Å²) in [4.78, 5) is 11.2. The van der Waals surface area contributed by atoms with E-state index in [1.807, 2.05) is 0 Å². The minimum absolute atomic E-state index is 0.142. The largest absolute Gasteiger partial charge is 0.435 e. The van der Waals surface area contributed by atoms with Crippen molar-refractivity contribution in [2.75, 3.05) is 0 Å². The lowest BCUT2D eigenvalue weighted by Gasteiger charge is -2.05. The average molecular weight is 647 g/mol. The van der Waals surface area contributed by atoms with Crippen molar-refractivity contribution < 1.29 is 9.53 Å². The van der Waals surface area contributed by atoms with Gasteiger partial charge in [-0.15, -0.1) is 0 Å². The molecule has 0 N–H and O–H groups in total. The molecule has 0 aromatic carbocycles. The molecule has 0 saturated heterocycles. The van der Waals surface area contributed by atoms with Gasteiger partial charge in [-0.2, -0.15) is 0 Å². The minimum atomic E-state index is -0.142. The van der Waals surface area contributed by atoms with Gasteiger partial charge < -0.3 is 4.74 Å². The monoisotopic (exact) mass is 647 g/mol. The summed E-state index contributed by atoms with van der Waals surface area (Å²) < 4.78 is 4.74. The van der Waals surface area contributed by atoms with Gasteiger partial charge >= 0.3 is 5.97 Å². The smallest absolute Gasteiger partial charge is 0.310 e. The van der Waals surface area contributed by atoms with Crippen molar-refractivity contribution in [3.05, 3.63) is 12.8 Å². The summed E-state index contributed by atoms with van der Waals surface area (Å²) in [6.07, 6.45) is 57.6. The second-order valence-corrected chi connectivity index (χ2v) is 14.8. The first-order valence-electron chi connectivity index (χ1n) is 21.6. The molecular weight excluding hydrogens is 560 g/mol. The number of hydrogen-bond donors (Lipinski definition) is 0. The lowest BCUT2D eigenvalue weighted by molar-refractivity contribution is -0.138. The number of rotatable bonds is 41. The zero-order chi connectivity index (χ0) is 33.3. The summed E-state index contributed by atoms with van der Waals surface area (Å²) in [7, 11) is 0. The van der Waals surface area contributed by atoms with Crippen molar-refractivity contribution >= 4 is 5.97 Å². The normalized spacial score (nSPS) is 11.3. The maximum atomic E-state index is 11.2. The van der Waals surface area contributed by atoms with Gasteiger partial charge in [0.2, 0.25) is 0 Å². The summed E-state index contributed by atoms with van der Waals surface area (Å²) in [5.74, 6) is -0.142. The summed E-state index contributed by atoms with van der Waals surface area (Å²) in [6.45, 7) is 5.72. The third-order valence-electron chi connectivity index (χ3n) is 10.2. The Kier molecular flexibility index (Phi) is 41.5. The maximum Gasteiger partial charge on any atom is 0.310 e. The molecule has 0 unspecified atom stereocenters. The van der Waals surface area contributed by atoms with Crippen molar-refractivity contribution in [3.63, 3.8) is 0 Å². The Morgan fingerprint density at radius 3 is 0.696 bits per heavy atom. The Balaban J connectivity index is 3.06. The number of esters is 1. The van der Waals surface area contributed by atoms with Gasteiger partial charge in [0.25, 0.3) is 0 Å². The molecule has 0 aromatic heterocycles. The van der Waals surface area contributed by atoms with Gasteiger partial charge in [0.15, 0.2) is 0 Å². The minimum Gasteiger partial charge on any atom is -0.435 e. The zero-order valence-electron chi connectivity index (χ0n) is 31.9. The molecule has 46 heavy (non-hydrogen) atoms. The van der Waals surface area contributed by atoms with Gasteiger partial charge in [0.05, 0.1) is 6.26 Å². The van der Waals surface area contributed by atoms with E-state index < -0.39 is 0 Å². The van der Waals surface area contributed by atoms with Crippen molar-refractivity contribution in [2.45, 2.75) is 264 Å². The molecule has 0 saturated carbocycles. The van der Waals surface area contributed by atoms with Crippen LogP contribution in [-0.2, 0) is 9.53 Å². The number of carbonyl (C=O) groups excluding carboxylic acids is 1. The van der Waals surface area contributed by atoms with Gasteiger partial charge in [-0.3, -0.25) is 4.79 Å². The van der Waals surface area contributed by atoms with Gasteiger partial charge in [-0.25, -0.2) is 0 Å². The highest BCUT2D eigenvalue weighted by Crippen LogP contribution is 2.17. The number of hydrogen-bond acceptors (Lipinski definition) is 2. The first-order chi connectivity index (χ1) is 22.8. The van der Waals surface area contributed by atoms with Crippen LogP contribution in [0.5, 0.6) is 0 Å². The zero-order valence-corrected chi connectivity index (χ0v) is 31.9. The fourth-order valence-corrected chi connectivity index (χ4v) is 7.04. The van der Waals surface area contributed by atoms with Crippen LogP contribution in [0.3, 0.4) is 0 Å². The molecule has 2 nitrogen and oxygen atoms in total. The van der Waals surface area contributed by atoms with Gasteiger partial charge in [-0.1, -0.05) is 257 Å². The van der Waals surface area contributed by atoms with Crippen molar-refractivity contribution in [1.82, 2.24) is 0 Å². The van der Waals surface area contributed by atoms with Crippen LogP contribution in [0, 0.1) is 0 Å². The molecule has 0 heterocycles. The summed E-state index contributed by atoms with van der Waals surface area (Å²) in [6, 6.07) is 0. The molecule has 0 radical (unpaired) electrons. The summed E-state index contributed by atoms with van der Waals surface area (Å²) >= 11 is 0. The molecular formula is C44H86O2. The van der Waals surface area contributed by atoms with E-state index >= 15 is 0 Å². The summed E-state index contributed by atoms with van der Waals surface area (Å²) in [5.41, 5.74) is 0. The highest BCUT2D eigenvalue weighted by molar-refractivity contribution is 5.69. The number of ether oxygens (including phenoxy) is 1. The van der Waals surface area contributed by atoms with Gasteiger partial charge in [-0.05, 0) is 6.42 Å². The van der Waals surface area contributed by atoms with E-state index in [0.717, 1.165) is 12.8 Å². The quantitative estimate of drug-likeness (QED) is 0.0375. The van der Waals surface area contributed by atoms with Crippen molar-refractivity contribution in [1.29, 1.82) is 0 Å². The second-order valence-electron chi connectivity index (χ2n) is 14.8. The Hall–Kier alpha value is -0.790. The third kappa shape index (κ3) is 41.2. The molecule has 0 spiro atoms. The maximum absolute atomic E-state index is 11.2. The average Bonchev–Trinajstić information content (AvgIpc) is 3.06. The van der Waals surface area contributed by atoms with Gasteiger partial charge in [0, 0.05) is 6.42 Å².